The van der Waals surface area contributed by atoms with Crippen molar-refractivity contribution >= 4 is 11.5 Å². The summed E-state index contributed by atoms with van der Waals surface area (Å²) in [5.41, 5.74) is 3.65. The molecule has 0 spiro atoms. The monoisotopic (exact) mass is 322 g/mol. The molecule has 1 fully saturated rings. The fourth-order valence-corrected chi connectivity index (χ4v) is 3.94. The van der Waals surface area contributed by atoms with Crippen LogP contribution in [0, 0.1) is 17.2 Å². The van der Waals surface area contributed by atoms with Crippen molar-refractivity contribution in [2.24, 2.45) is 5.92 Å². The molecule has 2 aliphatic rings. The molecule has 0 amide bonds. The van der Waals surface area contributed by atoms with Crippen LogP contribution in [0.1, 0.15) is 69.1 Å². The maximum Gasteiger partial charge on any atom is 0.160 e. The van der Waals surface area contributed by atoms with Crippen LogP contribution in [0.15, 0.2) is 24.3 Å². The largest absolute Gasteiger partial charge is 0.379 e. The molecule has 0 radical (unpaired) electrons. The number of nitriles is 1. The number of nitrogens with zero attached hydrogens (tertiary/aromatic N) is 1. The van der Waals surface area contributed by atoms with Crippen LogP contribution in [0.2, 0.25) is 0 Å². The second-order valence-electron chi connectivity index (χ2n) is 7.82. The molecule has 0 bridgehead atoms. The Morgan fingerprint density at radius 1 is 1.25 bits per heavy atom. The van der Waals surface area contributed by atoms with E-state index in [0.717, 1.165) is 43.4 Å². The van der Waals surface area contributed by atoms with Gasteiger partial charge in [0.1, 0.15) is 0 Å². The zero-order valence-electron chi connectivity index (χ0n) is 14.7. The van der Waals surface area contributed by atoms with Crippen molar-refractivity contribution in [2.75, 3.05) is 0 Å². The lowest BCUT2D eigenvalue weighted by molar-refractivity contribution is -0.118. The molecular formula is C21H26N2O. The van der Waals surface area contributed by atoms with Crippen LogP contribution in [0.3, 0.4) is 0 Å². The van der Waals surface area contributed by atoms with Crippen molar-refractivity contribution in [3.8, 4) is 6.07 Å². The Morgan fingerprint density at radius 2 is 1.96 bits per heavy atom. The number of hydrogen-bond acceptors (Lipinski definition) is 3. The molecule has 0 atom stereocenters. The molecule has 1 N–H and O–H groups in total. The van der Waals surface area contributed by atoms with Crippen LogP contribution >= 0.6 is 0 Å². The number of rotatable bonds is 2. The fraction of sp³-hybridized carbons (Fsp3) is 0.524. The van der Waals surface area contributed by atoms with Crippen LogP contribution in [0.25, 0.3) is 5.70 Å². The van der Waals surface area contributed by atoms with Gasteiger partial charge in [-0.2, -0.15) is 5.26 Å². The third-order valence-corrected chi connectivity index (χ3v) is 5.18. The SMILES string of the molecule is CC1(C)Cc2ccc(C#N)cc2/C(=C/C(=O)C2CCCCCC2)N1. The molecule has 0 saturated heterocycles. The molecule has 0 unspecified atom stereocenters. The van der Waals surface area contributed by atoms with Gasteiger partial charge in [-0.3, -0.25) is 4.79 Å². The summed E-state index contributed by atoms with van der Waals surface area (Å²) >= 11 is 0. The minimum Gasteiger partial charge on any atom is -0.379 e. The van der Waals surface area contributed by atoms with Crippen molar-refractivity contribution in [2.45, 2.75) is 64.3 Å². The molecular weight excluding hydrogens is 296 g/mol. The van der Waals surface area contributed by atoms with E-state index >= 15 is 0 Å². The third kappa shape index (κ3) is 3.70. The van der Waals surface area contributed by atoms with Crippen molar-refractivity contribution in [1.29, 1.82) is 5.26 Å². The lowest BCUT2D eigenvalue weighted by Crippen LogP contribution is -2.44. The van der Waals surface area contributed by atoms with Gasteiger partial charge in [-0.15, -0.1) is 0 Å². The first kappa shape index (κ1) is 16.8. The van der Waals surface area contributed by atoms with Gasteiger partial charge in [-0.05, 0) is 50.8 Å². The number of benzene rings is 1. The minimum atomic E-state index is -0.0866. The summed E-state index contributed by atoms with van der Waals surface area (Å²) in [6, 6.07) is 8.00. The van der Waals surface area contributed by atoms with Gasteiger partial charge in [0.25, 0.3) is 0 Å². The van der Waals surface area contributed by atoms with E-state index in [2.05, 4.69) is 25.2 Å². The van der Waals surface area contributed by atoms with E-state index in [1.54, 1.807) is 6.08 Å². The molecule has 1 aromatic carbocycles. The van der Waals surface area contributed by atoms with E-state index in [9.17, 15) is 10.1 Å². The van der Waals surface area contributed by atoms with E-state index < -0.39 is 0 Å². The number of allylic oxidation sites excluding steroid dienone is 1. The highest BCUT2D eigenvalue weighted by molar-refractivity contribution is 5.98. The summed E-state index contributed by atoms with van der Waals surface area (Å²) in [6.45, 7) is 4.30. The quantitative estimate of drug-likeness (QED) is 0.650. The number of ketones is 1. The summed E-state index contributed by atoms with van der Waals surface area (Å²) in [6.07, 6.45) is 9.54. The van der Waals surface area contributed by atoms with E-state index in [-0.39, 0.29) is 17.2 Å². The van der Waals surface area contributed by atoms with Crippen LogP contribution in [-0.2, 0) is 11.2 Å². The lowest BCUT2D eigenvalue weighted by atomic mass is 9.84. The van der Waals surface area contributed by atoms with Crippen molar-refractivity contribution in [3.05, 3.63) is 41.0 Å². The van der Waals surface area contributed by atoms with Gasteiger partial charge < -0.3 is 5.32 Å². The zero-order valence-corrected chi connectivity index (χ0v) is 14.7. The second-order valence-corrected chi connectivity index (χ2v) is 7.82. The van der Waals surface area contributed by atoms with Gasteiger partial charge in [-0.25, -0.2) is 0 Å². The first-order valence-electron chi connectivity index (χ1n) is 9.06. The normalized spacial score (nSPS) is 22.1. The number of carbonyl (C=O) groups excluding carboxylic acids is 1. The maximum absolute atomic E-state index is 12.8. The molecule has 1 heterocycles. The van der Waals surface area contributed by atoms with Crippen LogP contribution in [0.5, 0.6) is 0 Å². The smallest absolute Gasteiger partial charge is 0.160 e. The van der Waals surface area contributed by atoms with E-state index in [1.807, 2.05) is 18.2 Å². The molecule has 1 saturated carbocycles. The number of fused-ring (bicyclic) bond motifs is 1. The topological polar surface area (TPSA) is 52.9 Å². The molecule has 3 rings (SSSR count). The van der Waals surface area contributed by atoms with Gasteiger partial charge in [-0.1, -0.05) is 31.7 Å². The molecule has 24 heavy (non-hydrogen) atoms. The number of hydrogen-bond donors (Lipinski definition) is 1. The Labute approximate surface area is 144 Å². The maximum atomic E-state index is 12.8. The van der Waals surface area contributed by atoms with E-state index in [4.69, 9.17) is 0 Å². The predicted molar refractivity (Wildman–Crippen MR) is 96.3 cm³/mol. The van der Waals surface area contributed by atoms with Crippen molar-refractivity contribution in [3.63, 3.8) is 0 Å². The highest BCUT2D eigenvalue weighted by Crippen LogP contribution is 2.31. The molecule has 126 valence electrons. The zero-order chi connectivity index (χ0) is 17.2. The number of carbonyl (C=O) groups is 1. The standard InChI is InChI=1S/C21H26N2O/c1-21(2)13-17-10-9-15(14-22)11-18(17)19(23-21)12-20(24)16-7-5-3-4-6-8-16/h9-12,16,23H,3-8,13H2,1-2H3/b19-12-. The first-order valence-corrected chi connectivity index (χ1v) is 9.06. The summed E-state index contributed by atoms with van der Waals surface area (Å²) in [5, 5.41) is 12.7. The molecule has 1 aliphatic heterocycles. The van der Waals surface area contributed by atoms with Crippen LogP contribution in [-0.4, -0.2) is 11.3 Å². The summed E-state index contributed by atoms with van der Waals surface area (Å²) < 4.78 is 0. The average Bonchev–Trinajstić information content (AvgIpc) is 2.83. The minimum absolute atomic E-state index is 0.0866. The van der Waals surface area contributed by atoms with Gasteiger partial charge in [0.15, 0.2) is 5.78 Å². The highest BCUT2D eigenvalue weighted by atomic mass is 16.1. The highest BCUT2D eigenvalue weighted by Gasteiger charge is 2.29. The number of nitrogens with one attached hydrogen (secondary N) is 1. The van der Waals surface area contributed by atoms with Crippen LogP contribution in [0.4, 0.5) is 0 Å². The average molecular weight is 322 g/mol. The van der Waals surface area contributed by atoms with Gasteiger partial charge in [0.2, 0.25) is 0 Å². The van der Waals surface area contributed by atoms with E-state index in [1.165, 1.54) is 18.4 Å². The second kappa shape index (κ2) is 6.81. The predicted octanol–water partition coefficient (Wildman–Crippen LogP) is 4.36. The Kier molecular flexibility index (Phi) is 4.76. The van der Waals surface area contributed by atoms with Crippen LogP contribution < -0.4 is 5.32 Å². The van der Waals surface area contributed by atoms with E-state index in [0.29, 0.717) is 5.56 Å². The summed E-state index contributed by atoms with van der Waals surface area (Å²) in [4.78, 5) is 12.8. The molecule has 3 heteroatoms. The molecule has 0 aromatic heterocycles. The van der Waals surface area contributed by atoms with Crippen molar-refractivity contribution < 1.29 is 4.79 Å². The lowest BCUT2D eigenvalue weighted by Gasteiger charge is -2.35. The molecule has 1 aliphatic carbocycles. The first-order chi connectivity index (χ1) is 11.5. The fourth-order valence-electron chi connectivity index (χ4n) is 3.94. The Hall–Kier alpha value is -2.08. The molecule has 3 nitrogen and oxygen atoms in total. The Bertz CT molecular complexity index is 701. The van der Waals surface area contributed by atoms with Gasteiger partial charge in [0.05, 0.1) is 11.6 Å². The van der Waals surface area contributed by atoms with Crippen molar-refractivity contribution in [1.82, 2.24) is 5.32 Å². The molecule has 1 aromatic rings. The van der Waals surface area contributed by atoms with Gasteiger partial charge >= 0.3 is 0 Å². The Morgan fingerprint density at radius 3 is 2.62 bits per heavy atom. The third-order valence-electron chi connectivity index (χ3n) is 5.18. The Balaban J connectivity index is 1.94. The summed E-state index contributed by atoms with van der Waals surface area (Å²) in [7, 11) is 0. The van der Waals surface area contributed by atoms with Gasteiger partial charge in [0, 0.05) is 28.8 Å². The summed E-state index contributed by atoms with van der Waals surface area (Å²) in [5.74, 6) is 0.403.